The third kappa shape index (κ3) is 3.64. The predicted octanol–water partition coefficient (Wildman–Crippen LogP) is 0.429. The molecule has 1 saturated carbocycles. The lowest BCUT2D eigenvalue weighted by molar-refractivity contribution is -0.147. The van der Waals surface area contributed by atoms with Crippen LogP contribution in [0.25, 0.3) is 0 Å². The first-order valence-electron chi connectivity index (χ1n) is 5.27. The Morgan fingerprint density at radius 2 is 2.07 bits per heavy atom. The molecule has 0 heterocycles. The quantitative estimate of drug-likeness (QED) is 0.647. The summed E-state index contributed by atoms with van der Waals surface area (Å²) in [5.74, 6) is 0.0108. The predicted molar refractivity (Wildman–Crippen MR) is 52.6 cm³/mol. The van der Waals surface area contributed by atoms with Crippen LogP contribution >= 0.6 is 0 Å². The van der Waals surface area contributed by atoms with E-state index in [4.69, 9.17) is 15.6 Å². The molecule has 4 nitrogen and oxygen atoms in total. The number of esters is 1. The lowest BCUT2D eigenvalue weighted by Crippen LogP contribution is -2.36. The molecule has 0 spiro atoms. The zero-order valence-corrected chi connectivity index (χ0v) is 8.45. The molecule has 0 radical (unpaired) electrons. The maximum Gasteiger partial charge on any atom is 0.325 e. The highest BCUT2D eigenvalue weighted by molar-refractivity contribution is 5.75. The summed E-state index contributed by atoms with van der Waals surface area (Å²) in [5.41, 5.74) is 5.31. The van der Waals surface area contributed by atoms with E-state index < -0.39 is 12.0 Å². The molecule has 4 heteroatoms. The summed E-state index contributed by atoms with van der Waals surface area (Å²) >= 11 is 0. The molecule has 0 bridgehead atoms. The lowest BCUT2D eigenvalue weighted by Gasteiger charge is -2.21. The van der Waals surface area contributed by atoms with Gasteiger partial charge in [0.15, 0.2) is 0 Å². The van der Waals surface area contributed by atoms with Gasteiger partial charge in [-0.2, -0.15) is 0 Å². The minimum atomic E-state index is -0.876. The maximum absolute atomic E-state index is 11.1. The summed E-state index contributed by atoms with van der Waals surface area (Å²) in [6.45, 7) is 0.121. The Kier molecular flexibility index (Phi) is 4.90. The van der Waals surface area contributed by atoms with Crippen molar-refractivity contribution in [3.63, 3.8) is 0 Å². The lowest BCUT2D eigenvalue weighted by atomic mass is 9.90. The van der Waals surface area contributed by atoms with E-state index in [9.17, 15) is 4.79 Å². The molecule has 1 aliphatic carbocycles. The van der Waals surface area contributed by atoms with E-state index in [1.807, 2.05) is 0 Å². The van der Waals surface area contributed by atoms with E-state index in [1.165, 1.54) is 19.3 Å². The van der Waals surface area contributed by atoms with Gasteiger partial charge in [0.2, 0.25) is 0 Å². The molecule has 1 atom stereocenters. The highest BCUT2D eigenvalue weighted by Crippen LogP contribution is 2.23. The fourth-order valence-electron chi connectivity index (χ4n) is 1.74. The Morgan fingerprint density at radius 3 is 2.64 bits per heavy atom. The standard InChI is InChI=1S/C10H19NO3/c11-9(6-12)10(13)14-7-8-4-2-1-3-5-8/h8-9,12H,1-7,11H2. The number of aliphatic hydroxyl groups excluding tert-OH is 1. The van der Waals surface area contributed by atoms with Crippen LogP contribution in [0.2, 0.25) is 0 Å². The van der Waals surface area contributed by atoms with Crippen molar-refractivity contribution in [3.05, 3.63) is 0 Å². The average Bonchev–Trinajstić information content (AvgIpc) is 2.26. The monoisotopic (exact) mass is 201 g/mol. The van der Waals surface area contributed by atoms with Crippen LogP contribution in [-0.4, -0.2) is 30.3 Å². The summed E-state index contributed by atoms with van der Waals surface area (Å²) < 4.78 is 5.01. The molecule has 0 saturated heterocycles. The van der Waals surface area contributed by atoms with E-state index in [1.54, 1.807) is 0 Å². The van der Waals surface area contributed by atoms with Crippen molar-refractivity contribution < 1.29 is 14.6 Å². The van der Waals surface area contributed by atoms with Crippen molar-refractivity contribution in [1.29, 1.82) is 0 Å². The Labute approximate surface area is 84.4 Å². The highest BCUT2D eigenvalue weighted by atomic mass is 16.5. The van der Waals surface area contributed by atoms with Crippen LogP contribution in [0.4, 0.5) is 0 Å². The Morgan fingerprint density at radius 1 is 1.43 bits per heavy atom. The van der Waals surface area contributed by atoms with E-state index in [0.29, 0.717) is 12.5 Å². The number of nitrogens with two attached hydrogens (primary N) is 1. The minimum Gasteiger partial charge on any atom is -0.464 e. The van der Waals surface area contributed by atoms with Crippen LogP contribution in [0.15, 0.2) is 0 Å². The topological polar surface area (TPSA) is 72.5 Å². The van der Waals surface area contributed by atoms with Crippen LogP contribution < -0.4 is 5.73 Å². The summed E-state index contributed by atoms with van der Waals surface area (Å²) in [7, 11) is 0. The Balaban J connectivity index is 2.15. The van der Waals surface area contributed by atoms with Gasteiger partial charge in [-0.25, -0.2) is 0 Å². The van der Waals surface area contributed by atoms with Crippen LogP contribution in [0.1, 0.15) is 32.1 Å². The van der Waals surface area contributed by atoms with Gasteiger partial charge in [-0.15, -0.1) is 0 Å². The number of ether oxygens (including phenoxy) is 1. The molecule has 0 aromatic rings. The van der Waals surface area contributed by atoms with Crippen molar-refractivity contribution >= 4 is 5.97 Å². The van der Waals surface area contributed by atoms with Gasteiger partial charge in [0.05, 0.1) is 13.2 Å². The maximum atomic E-state index is 11.1. The second-order valence-corrected chi connectivity index (χ2v) is 3.92. The zero-order valence-electron chi connectivity index (χ0n) is 8.45. The molecule has 1 aliphatic rings. The fourth-order valence-corrected chi connectivity index (χ4v) is 1.74. The average molecular weight is 201 g/mol. The highest BCUT2D eigenvalue weighted by Gasteiger charge is 2.18. The first kappa shape index (κ1) is 11.5. The summed E-state index contributed by atoms with van der Waals surface area (Å²) in [6.07, 6.45) is 6.03. The molecule has 1 fully saturated rings. The first-order valence-corrected chi connectivity index (χ1v) is 5.27. The molecule has 0 aliphatic heterocycles. The molecule has 1 rings (SSSR count). The van der Waals surface area contributed by atoms with Crippen LogP contribution in [-0.2, 0) is 9.53 Å². The third-order valence-electron chi connectivity index (χ3n) is 2.69. The zero-order chi connectivity index (χ0) is 10.4. The van der Waals surface area contributed by atoms with Crippen molar-refractivity contribution in [2.45, 2.75) is 38.1 Å². The number of aliphatic hydroxyl groups is 1. The van der Waals surface area contributed by atoms with E-state index >= 15 is 0 Å². The smallest absolute Gasteiger partial charge is 0.325 e. The van der Waals surface area contributed by atoms with Gasteiger partial charge in [-0.3, -0.25) is 4.79 Å². The second kappa shape index (κ2) is 5.98. The number of hydrogen-bond donors (Lipinski definition) is 2. The van der Waals surface area contributed by atoms with Crippen molar-refractivity contribution in [2.24, 2.45) is 11.7 Å². The molecule has 0 aromatic heterocycles. The van der Waals surface area contributed by atoms with Crippen molar-refractivity contribution in [1.82, 2.24) is 0 Å². The van der Waals surface area contributed by atoms with E-state index in [2.05, 4.69) is 0 Å². The largest absolute Gasteiger partial charge is 0.464 e. The second-order valence-electron chi connectivity index (χ2n) is 3.92. The molecule has 82 valence electrons. The molecule has 3 N–H and O–H groups in total. The van der Waals surface area contributed by atoms with Gasteiger partial charge in [0.1, 0.15) is 6.04 Å². The molecular formula is C10H19NO3. The first-order chi connectivity index (χ1) is 6.74. The van der Waals surface area contributed by atoms with E-state index in [-0.39, 0.29) is 6.61 Å². The summed E-state index contributed by atoms with van der Waals surface area (Å²) in [5, 5.41) is 8.62. The number of carbonyl (C=O) groups excluding carboxylic acids is 1. The Hall–Kier alpha value is -0.610. The van der Waals surface area contributed by atoms with Gasteiger partial charge in [-0.05, 0) is 18.8 Å². The number of carbonyl (C=O) groups is 1. The van der Waals surface area contributed by atoms with Gasteiger partial charge in [0.25, 0.3) is 0 Å². The number of hydrogen-bond acceptors (Lipinski definition) is 4. The van der Waals surface area contributed by atoms with Gasteiger partial charge in [0, 0.05) is 0 Å². The normalized spacial score (nSPS) is 20.4. The van der Waals surface area contributed by atoms with Gasteiger partial charge < -0.3 is 15.6 Å². The molecule has 0 aromatic carbocycles. The molecule has 14 heavy (non-hydrogen) atoms. The van der Waals surface area contributed by atoms with Gasteiger partial charge in [-0.1, -0.05) is 19.3 Å². The van der Waals surface area contributed by atoms with Gasteiger partial charge >= 0.3 is 5.97 Å². The molecule has 0 amide bonds. The fraction of sp³-hybridized carbons (Fsp3) is 0.900. The molecule has 1 unspecified atom stereocenters. The summed E-state index contributed by atoms with van der Waals surface area (Å²) in [6, 6.07) is -0.876. The minimum absolute atomic E-state index is 0.344. The Bertz CT molecular complexity index is 178. The van der Waals surface area contributed by atoms with Crippen molar-refractivity contribution in [2.75, 3.05) is 13.2 Å². The van der Waals surface area contributed by atoms with Crippen LogP contribution in [0, 0.1) is 5.92 Å². The number of rotatable bonds is 4. The van der Waals surface area contributed by atoms with E-state index in [0.717, 1.165) is 12.8 Å². The van der Waals surface area contributed by atoms with Crippen LogP contribution in [0.5, 0.6) is 0 Å². The van der Waals surface area contributed by atoms with Crippen LogP contribution in [0.3, 0.4) is 0 Å². The molecular weight excluding hydrogens is 182 g/mol. The van der Waals surface area contributed by atoms with Crippen molar-refractivity contribution in [3.8, 4) is 0 Å². The SMILES string of the molecule is NC(CO)C(=O)OCC1CCCCC1. The third-order valence-corrected chi connectivity index (χ3v) is 2.69. The summed E-state index contributed by atoms with van der Waals surface area (Å²) in [4.78, 5) is 11.1.